The molecular formula is C16H24N4O. The number of pyridine rings is 1. The lowest BCUT2D eigenvalue weighted by Crippen LogP contribution is -2.48. The van der Waals surface area contributed by atoms with Gasteiger partial charge >= 0.3 is 6.03 Å². The standard InChI is InChI=1S/C16H24N4O/c21-16(18-9-5-13-2-1-8-17-12-13)19-14-6-10-20(11-7-14)15-3-4-15/h1-2,8,12,14-15H,3-7,9-11H2,(H2,18,19,21). The molecule has 1 aromatic heterocycles. The number of aromatic nitrogens is 1. The summed E-state index contributed by atoms with van der Waals surface area (Å²) in [5.41, 5.74) is 1.15. The number of hydrogen-bond acceptors (Lipinski definition) is 3. The Morgan fingerprint density at radius 1 is 1.29 bits per heavy atom. The zero-order valence-electron chi connectivity index (χ0n) is 12.4. The summed E-state index contributed by atoms with van der Waals surface area (Å²) < 4.78 is 0. The number of carbonyl (C=O) groups excluding carboxylic acids is 1. The molecule has 0 atom stereocenters. The highest BCUT2D eigenvalue weighted by atomic mass is 16.2. The second-order valence-corrected chi connectivity index (χ2v) is 6.05. The van der Waals surface area contributed by atoms with E-state index in [-0.39, 0.29) is 6.03 Å². The van der Waals surface area contributed by atoms with E-state index in [1.54, 1.807) is 6.20 Å². The first-order valence-electron chi connectivity index (χ1n) is 7.98. The number of nitrogens with zero attached hydrogens (tertiary/aromatic N) is 2. The van der Waals surface area contributed by atoms with Gasteiger partial charge < -0.3 is 15.5 Å². The zero-order chi connectivity index (χ0) is 14.5. The van der Waals surface area contributed by atoms with Crippen LogP contribution < -0.4 is 10.6 Å². The molecule has 0 radical (unpaired) electrons. The van der Waals surface area contributed by atoms with Crippen molar-refractivity contribution in [3.8, 4) is 0 Å². The number of hydrogen-bond donors (Lipinski definition) is 2. The summed E-state index contributed by atoms with van der Waals surface area (Å²) in [5, 5.41) is 6.03. The molecule has 2 fully saturated rings. The first-order valence-corrected chi connectivity index (χ1v) is 7.98. The van der Waals surface area contributed by atoms with E-state index in [9.17, 15) is 4.79 Å². The number of piperidine rings is 1. The van der Waals surface area contributed by atoms with Gasteiger partial charge in [0.1, 0.15) is 0 Å². The molecule has 1 aliphatic heterocycles. The molecule has 0 bridgehead atoms. The Balaban J connectivity index is 1.31. The molecule has 1 saturated carbocycles. The first kappa shape index (κ1) is 14.3. The third kappa shape index (κ3) is 4.43. The monoisotopic (exact) mass is 288 g/mol. The zero-order valence-corrected chi connectivity index (χ0v) is 12.4. The quantitative estimate of drug-likeness (QED) is 0.864. The number of nitrogens with one attached hydrogen (secondary N) is 2. The van der Waals surface area contributed by atoms with E-state index < -0.39 is 0 Å². The van der Waals surface area contributed by atoms with Gasteiger partial charge in [-0.2, -0.15) is 0 Å². The van der Waals surface area contributed by atoms with E-state index in [1.807, 2.05) is 18.3 Å². The van der Waals surface area contributed by atoms with Crippen molar-refractivity contribution in [2.45, 2.75) is 44.2 Å². The summed E-state index contributed by atoms with van der Waals surface area (Å²) in [4.78, 5) is 18.5. The van der Waals surface area contributed by atoms with Crippen LogP contribution in [-0.4, -0.2) is 47.6 Å². The molecule has 3 rings (SSSR count). The number of rotatable bonds is 5. The van der Waals surface area contributed by atoms with Gasteiger partial charge in [0.2, 0.25) is 0 Å². The summed E-state index contributed by atoms with van der Waals surface area (Å²) in [5.74, 6) is 0. The van der Waals surface area contributed by atoms with Crippen LogP contribution in [0.15, 0.2) is 24.5 Å². The third-order valence-electron chi connectivity index (χ3n) is 4.35. The van der Waals surface area contributed by atoms with Gasteiger partial charge in [0.25, 0.3) is 0 Å². The van der Waals surface area contributed by atoms with E-state index in [0.717, 1.165) is 44.0 Å². The minimum Gasteiger partial charge on any atom is -0.338 e. The summed E-state index contributed by atoms with van der Waals surface area (Å²) in [6, 6.07) is 5.09. The van der Waals surface area contributed by atoms with Gasteiger partial charge in [-0.15, -0.1) is 0 Å². The van der Waals surface area contributed by atoms with Crippen molar-refractivity contribution >= 4 is 6.03 Å². The summed E-state index contributed by atoms with van der Waals surface area (Å²) in [7, 11) is 0. The predicted molar refractivity (Wildman–Crippen MR) is 82.1 cm³/mol. The van der Waals surface area contributed by atoms with Crippen LogP contribution in [0, 0.1) is 0 Å². The minimum absolute atomic E-state index is 0.0382. The van der Waals surface area contributed by atoms with Gasteiger partial charge in [0.15, 0.2) is 0 Å². The van der Waals surface area contributed by atoms with Gasteiger partial charge in [0, 0.05) is 44.1 Å². The molecule has 2 N–H and O–H groups in total. The smallest absolute Gasteiger partial charge is 0.315 e. The Labute approximate surface area is 126 Å². The van der Waals surface area contributed by atoms with Gasteiger partial charge in [-0.05, 0) is 43.7 Å². The third-order valence-corrected chi connectivity index (χ3v) is 4.35. The van der Waals surface area contributed by atoms with Crippen molar-refractivity contribution < 1.29 is 4.79 Å². The molecule has 0 aromatic carbocycles. The topological polar surface area (TPSA) is 57.3 Å². The van der Waals surface area contributed by atoms with Crippen molar-refractivity contribution in [2.24, 2.45) is 0 Å². The van der Waals surface area contributed by atoms with Gasteiger partial charge in [-0.1, -0.05) is 6.07 Å². The highest BCUT2D eigenvalue weighted by Crippen LogP contribution is 2.29. The fraction of sp³-hybridized carbons (Fsp3) is 0.625. The van der Waals surface area contributed by atoms with E-state index in [4.69, 9.17) is 0 Å². The maximum absolute atomic E-state index is 11.9. The van der Waals surface area contributed by atoms with E-state index in [1.165, 1.54) is 12.8 Å². The van der Waals surface area contributed by atoms with E-state index in [2.05, 4.69) is 20.5 Å². The first-order chi connectivity index (χ1) is 10.3. The molecular weight excluding hydrogens is 264 g/mol. The molecule has 5 heteroatoms. The van der Waals surface area contributed by atoms with Crippen LogP contribution in [0.1, 0.15) is 31.2 Å². The summed E-state index contributed by atoms with van der Waals surface area (Å²) in [6.07, 6.45) is 9.31. The van der Waals surface area contributed by atoms with E-state index >= 15 is 0 Å². The van der Waals surface area contributed by atoms with Crippen LogP contribution in [0.2, 0.25) is 0 Å². The van der Waals surface area contributed by atoms with Crippen LogP contribution in [0.3, 0.4) is 0 Å². The molecule has 0 unspecified atom stereocenters. The molecule has 5 nitrogen and oxygen atoms in total. The maximum atomic E-state index is 11.9. The molecule has 1 aliphatic carbocycles. The fourth-order valence-corrected chi connectivity index (χ4v) is 2.95. The molecule has 2 amide bonds. The van der Waals surface area contributed by atoms with Gasteiger partial charge in [-0.3, -0.25) is 4.98 Å². The lowest BCUT2D eigenvalue weighted by molar-refractivity contribution is 0.186. The van der Waals surface area contributed by atoms with Crippen molar-refractivity contribution in [1.29, 1.82) is 0 Å². The van der Waals surface area contributed by atoms with Gasteiger partial charge in [0.05, 0.1) is 0 Å². The van der Waals surface area contributed by atoms with Crippen molar-refractivity contribution in [2.75, 3.05) is 19.6 Å². The van der Waals surface area contributed by atoms with Crippen LogP contribution >= 0.6 is 0 Å². The van der Waals surface area contributed by atoms with Crippen LogP contribution in [0.5, 0.6) is 0 Å². The summed E-state index contributed by atoms with van der Waals surface area (Å²) >= 11 is 0. The Morgan fingerprint density at radius 2 is 2.10 bits per heavy atom. The average molecular weight is 288 g/mol. The highest BCUT2D eigenvalue weighted by molar-refractivity contribution is 5.74. The lowest BCUT2D eigenvalue weighted by atomic mass is 10.1. The highest BCUT2D eigenvalue weighted by Gasteiger charge is 2.31. The second kappa shape index (κ2) is 6.89. The number of amides is 2. The Kier molecular flexibility index (Phi) is 4.70. The molecule has 114 valence electrons. The Morgan fingerprint density at radius 3 is 2.76 bits per heavy atom. The minimum atomic E-state index is -0.0382. The SMILES string of the molecule is O=C(NCCc1cccnc1)NC1CCN(C2CC2)CC1. The Bertz CT molecular complexity index is 453. The Hall–Kier alpha value is -1.62. The lowest BCUT2D eigenvalue weighted by Gasteiger charge is -2.32. The van der Waals surface area contributed by atoms with Crippen LogP contribution in [0.4, 0.5) is 4.79 Å². The molecule has 21 heavy (non-hydrogen) atoms. The molecule has 0 spiro atoms. The summed E-state index contributed by atoms with van der Waals surface area (Å²) in [6.45, 7) is 2.91. The van der Waals surface area contributed by atoms with Crippen LogP contribution in [-0.2, 0) is 6.42 Å². The average Bonchev–Trinajstić information content (AvgIpc) is 3.34. The number of urea groups is 1. The largest absolute Gasteiger partial charge is 0.338 e. The number of likely N-dealkylation sites (tertiary alicyclic amines) is 1. The van der Waals surface area contributed by atoms with Crippen LogP contribution in [0.25, 0.3) is 0 Å². The normalized spacial score (nSPS) is 20.2. The predicted octanol–water partition coefficient (Wildman–Crippen LogP) is 1.55. The molecule has 2 heterocycles. The second-order valence-electron chi connectivity index (χ2n) is 6.05. The molecule has 2 aliphatic rings. The van der Waals surface area contributed by atoms with Crippen molar-refractivity contribution in [1.82, 2.24) is 20.5 Å². The molecule has 1 saturated heterocycles. The van der Waals surface area contributed by atoms with Gasteiger partial charge in [-0.25, -0.2) is 4.79 Å². The number of carbonyl (C=O) groups is 1. The van der Waals surface area contributed by atoms with Crippen molar-refractivity contribution in [3.63, 3.8) is 0 Å². The maximum Gasteiger partial charge on any atom is 0.315 e. The fourth-order valence-electron chi connectivity index (χ4n) is 2.95. The van der Waals surface area contributed by atoms with Crippen molar-refractivity contribution in [3.05, 3.63) is 30.1 Å². The molecule has 1 aromatic rings. The van der Waals surface area contributed by atoms with E-state index in [0.29, 0.717) is 12.6 Å².